The smallest absolute Gasteiger partial charge is 0.146 e. The second-order valence-corrected chi connectivity index (χ2v) is 4.45. The molecule has 1 aliphatic heterocycles. The van der Waals surface area contributed by atoms with Gasteiger partial charge in [0.25, 0.3) is 0 Å². The Morgan fingerprint density at radius 3 is 2.19 bits per heavy atom. The lowest BCUT2D eigenvalue weighted by Crippen LogP contribution is -2.11. The minimum absolute atomic E-state index is 0.856. The molecule has 1 rings (SSSR count). The molecule has 0 atom stereocenters. The van der Waals surface area contributed by atoms with E-state index in [0.29, 0.717) is 0 Å². The number of hydrogen-bond donors (Lipinski definition) is 0. The van der Waals surface area contributed by atoms with Crippen molar-refractivity contribution in [3.8, 4) is 0 Å². The highest BCUT2D eigenvalue weighted by atomic mass is 16.7. The normalized spacial score (nSPS) is 17.1. The summed E-state index contributed by atoms with van der Waals surface area (Å²) < 4.78 is 13.9. The molecule has 0 amide bonds. The van der Waals surface area contributed by atoms with E-state index in [0.717, 1.165) is 32.7 Å². The van der Waals surface area contributed by atoms with Gasteiger partial charge in [-0.1, -0.05) is 0 Å². The van der Waals surface area contributed by atoms with Crippen LogP contribution in [-0.4, -0.2) is 46.8 Å². The number of hydrogen-bond acceptors (Lipinski definition) is 2. The van der Waals surface area contributed by atoms with Gasteiger partial charge < -0.3 is 13.8 Å². The fraction of sp³-hybridized carbons (Fsp3) is 1.00. The number of rotatable bonds is 10. The molecule has 0 aromatic heterocycles. The number of unbranched alkanes of at least 4 members (excludes halogenated alkanes) is 2. The summed E-state index contributed by atoms with van der Waals surface area (Å²) in [6.07, 6.45) is 7.40. The summed E-state index contributed by atoms with van der Waals surface area (Å²) in [6, 6.07) is 0. The van der Waals surface area contributed by atoms with Crippen molar-refractivity contribution in [1.29, 1.82) is 0 Å². The molecule has 3 nitrogen and oxygen atoms in total. The van der Waals surface area contributed by atoms with Crippen molar-refractivity contribution in [2.24, 2.45) is 0 Å². The Morgan fingerprint density at radius 1 is 0.875 bits per heavy atom. The summed E-state index contributed by atoms with van der Waals surface area (Å²) in [7, 11) is 1.75. The van der Waals surface area contributed by atoms with E-state index < -0.39 is 0 Å². The van der Waals surface area contributed by atoms with Crippen LogP contribution in [0.25, 0.3) is 0 Å². The summed E-state index contributed by atoms with van der Waals surface area (Å²) in [5.41, 5.74) is 0. The average Bonchev–Trinajstić information content (AvgIpc) is 2.80. The van der Waals surface area contributed by atoms with E-state index in [1.54, 1.807) is 7.11 Å². The summed E-state index contributed by atoms with van der Waals surface area (Å²) in [5, 5.41) is 0. The highest BCUT2D eigenvalue weighted by Gasteiger charge is 2.15. The Morgan fingerprint density at radius 2 is 1.50 bits per heavy atom. The van der Waals surface area contributed by atoms with Crippen LogP contribution in [0.1, 0.15) is 38.5 Å². The number of methoxy groups -OCH3 is 1. The molecule has 1 saturated heterocycles. The second kappa shape index (κ2) is 10.1. The van der Waals surface area contributed by atoms with Crippen molar-refractivity contribution in [3.05, 3.63) is 0 Å². The van der Waals surface area contributed by atoms with Gasteiger partial charge in [0, 0.05) is 46.2 Å². The van der Waals surface area contributed by atoms with Crippen molar-refractivity contribution < 1.29 is 13.8 Å². The van der Waals surface area contributed by atoms with Gasteiger partial charge >= 0.3 is 0 Å². The van der Waals surface area contributed by atoms with Gasteiger partial charge in [-0.2, -0.15) is 0 Å². The Balaban J connectivity index is 1.71. The van der Waals surface area contributed by atoms with Gasteiger partial charge in [-0.3, -0.25) is 0 Å². The van der Waals surface area contributed by atoms with E-state index in [-0.39, 0.29) is 0 Å². The molecule has 3 heteroatoms. The minimum atomic E-state index is 0.856. The second-order valence-electron chi connectivity index (χ2n) is 4.45. The lowest BCUT2D eigenvalue weighted by molar-refractivity contribution is -0.107. The predicted molar refractivity (Wildman–Crippen MR) is 66.1 cm³/mol. The zero-order chi connectivity index (χ0) is 11.5. The summed E-state index contributed by atoms with van der Waals surface area (Å²) in [6.45, 7) is 6.32. The molecule has 0 aliphatic carbocycles. The lowest BCUT2D eigenvalue weighted by atomic mass is 10.3. The topological polar surface area (TPSA) is 21.2 Å². The van der Waals surface area contributed by atoms with E-state index in [2.05, 4.69) is 4.37 Å². The van der Waals surface area contributed by atoms with Crippen molar-refractivity contribution in [2.75, 3.05) is 46.8 Å². The van der Waals surface area contributed by atoms with E-state index in [1.165, 1.54) is 45.5 Å². The Bertz CT molecular complexity index is 144. The number of ether oxygens (including phenoxy) is 2. The van der Waals surface area contributed by atoms with E-state index in [9.17, 15) is 0 Å². The molecule has 1 fully saturated rings. The third kappa shape index (κ3) is 7.20. The Kier molecular flexibility index (Phi) is 8.77. The van der Waals surface area contributed by atoms with E-state index in [4.69, 9.17) is 9.47 Å². The third-order valence-electron chi connectivity index (χ3n) is 2.97. The van der Waals surface area contributed by atoms with Crippen LogP contribution in [0.4, 0.5) is 0 Å². The van der Waals surface area contributed by atoms with Crippen LogP contribution < -0.4 is 0 Å². The molecule has 0 N–H and O–H groups in total. The van der Waals surface area contributed by atoms with E-state index in [1.807, 2.05) is 0 Å². The molecule has 96 valence electrons. The quantitative estimate of drug-likeness (QED) is 0.425. The van der Waals surface area contributed by atoms with Crippen LogP contribution in [0.15, 0.2) is 0 Å². The highest BCUT2D eigenvalue weighted by Crippen LogP contribution is 2.13. The molecule has 0 aromatic carbocycles. The monoisotopic (exact) mass is 231 g/mol. The maximum atomic E-state index is 5.56. The molecular weight excluding hydrogens is 204 g/mol. The summed E-state index contributed by atoms with van der Waals surface area (Å²) in [5.74, 6) is 0. The largest absolute Gasteiger partial charge is 0.422 e. The molecule has 0 spiro atoms. The van der Waals surface area contributed by atoms with Crippen molar-refractivity contribution >= 4 is 0 Å². The zero-order valence-corrected chi connectivity index (χ0v) is 10.7. The lowest BCUT2D eigenvalue weighted by Gasteiger charge is -2.11. The Hall–Kier alpha value is -0.120. The Labute approximate surface area is 99.8 Å². The molecule has 0 aromatic rings. The van der Waals surface area contributed by atoms with Gasteiger partial charge in [0.15, 0.2) is 0 Å². The molecule has 1 aliphatic rings. The maximum absolute atomic E-state index is 5.56. The zero-order valence-electron chi connectivity index (χ0n) is 10.7. The average molecular weight is 231 g/mol. The first-order valence-corrected chi connectivity index (χ1v) is 6.64. The van der Waals surface area contributed by atoms with Gasteiger partial charge in [0.1, 0.15) is 19.8 Å². The van der Waals surface area contributed by atoms with Crippen LogP contribution >= 0.6 is 0 Å². The fourth-order valence-corrected chi connectivity index (χ4v) is 1.98. The van der Waals surface area contributed by atoms with Gasteiger partial charge in [-0.25, -0.2) is 0 Å². The standard InChI is InChI=1S/C13H27O3/c1-14-8-2-3-9-15-10-4-5-11-16-12-6-7-13-16/h2-13H2,1H3/q+1. The van der Waals surface area contributed by atoms with Gasteiger partial charge in [0.2, 0.25) is 0 Å². The first-order chi connectivity index (χ1) is 7.93. The minimum Gasteiger partial charge on any atom is -0.422 e. The van der Waals surface area contributed by atoms with Gasteiger partial charge in [0.05, 0.1) is 0 Å². The van der Waals surface area contributed by atoms with Crippen LogP contribution in [-0.2, 0) is 13.8 Å². The van der Waals surface area contributed by atoms with Crippen LogP contribution in [0.3, 0.4) is 0 Å². The summed E-state index contributed by atoms with van der Waals surface area (Å²) >= 11 is 0. The van der Waals surface area contributed by atoms with Gasteiger partial charge in [-0.05, 0) is 19.3 Å². The molecule has 16 heavy (non-hydrogen) atoms. The predicted octanol–water partition coefficient (Wildman–Crippen LogP) is 2.56. The first-order valence-electron chi connectivity index (χ1n) is 6.64. The van der Waals surface area contributed by atoms with Crippen molar-refractivity contribution in [2.45, 2.75) is 38.5 Å². The maximum Gasteiger partial charge on any atom is 0.146 e. The summed E-state index contributed by atoms with van der Waals surface area (Å²) in [4.78, 5) is 0. The van der Waals surface area contributed by atoms with Crippen molar-refractivity contribution in [1.82, 2.24) is 0 Å². The first kappa shape index (κ1) is 13.9. The molecule has 0 bridgehead atoms. The van der Waals surface area contributed by atoms with Crippen LogP contribution in [0.2, 0.25) is 0 Å². The SMILES string of the molecule is COCCCCOCCCC[O+]1CCCC1. The van der Waals surface area contributed by atoms with E-state index >= 15 is 0 Å². The van der Waals surface area contributed by atoms with Gasteiger partial charge in [-0.15, -0.1) is 0 Å². The fourth-order valence-electron chi connectivity index (χ4n) is 1.98. The van der Waals surface area contributed by atoms with Crippen LogP contribution in [0, 0.1) is 0 Å². The highest BCUT2D eigenvalue weighted by molar-refractivity contribution is 4.54. The molecule has 0 radical (unpaired) electrons. The molecule has 1 heterocycles. The van der Waals surface area contributed by atoms with Crippen LogP contribution in [0.5, 0.6) is 0 Å². The molecule has 0 saturated carbocycles. The van der Waals surface area contributed by atoms with Crippen molar-refractivity contribution in [3.63, 3.8) is 0 Å². The molecule has 0 unspecified atom stereocenters. The molecular formula is C13H27O3+. The third-order valence-corrected chi connectivity index (χ3v) is 2.97.